The molecule has 0 atom stereocenters. The van der Waals surface area contributed by atoms with Crippen LogP contribution in [-0.4, -0.2) is 23.2 Å². The monoisotopic (exact) mass is 158 g/mol. The molecule has 1 heterocycles. The smallest absolute Gasteiger partial charge is 0.408 e. The Labute approximate surface area is 61.9 Å². The molecule has 2 N–H and O–H groups in total. The van der Waals surface area contributed by atoms with Crippen LogP contribution in [0.2, 0.25) is 0 Å². The van der Waals surface area contributed by atoms with Crippen LogP contribution in [0.25, 0.3) is 0 Å². The molecule has 1 aliphatic rings. The Morgan fingerprint density at radius 2 is 2.18 bits per heavy atom. The van der Waals surface area contributed by atoms with Gasteiger partial charge in [0.25, 0.3) is 0 Å². The van der Waals surface area contributed by atoms with E-state index in [1.807, 2.05) is 0 Å². The Hall–Kier alpha value is -1.59. The SMILES string of the molecule is N=C1CC/C(=N\O)OC(=O)O1. The van der Waals surface area contributed by atoms with Gasteiger partial charge < -0.3 is 14.7 Å². The zero-order valence-electron chi connectivity index (χ0n) is 5.53. The molecule has 11 heavy (non-hydrogen) atoms. The highest BCUT2D eigenvalue weighted by molar-refractivity contribution is 5.95. The lowest BCUT2D eigenvalue weighted by atomic mass is 10.3. The van der Waals surface area contributed by atoms with Crippen molar-refractivity contribution in [3.8, 4) is 0 Å². The van der Waals surface area contributed by atoms with Gasteiger partial charge in [-0.05, 0) is 0 Å². The fourth-order valence-corrected chi connectivity index (χ4v) is 0.611. The van der Waals surface area contributed by atoms with Crippen molar-refractivity contribution in [2.24, 2.45) is 5.16 Å². The third kappa shape index (κ3) is 1.92. The number of oxime groups is 1. The summed E-state index contributed by atoms with van der Waals surface area (Å²) >= 11 is 0. The van der Waals surface area contributed by atoms with E-state index in [4.69, 9.17) is 10.6 Å². The Bertz CT molecular complexity index is 223. The van der Waals surface area contributed by atoms with Crippen LogP contribution < -0.4 is 0 Å². The maximum atomic E-state index is 10.5. The van der Waals surface area contributed by atoms with Crippen LogP contribution in [0.3, 0.4) is 0 Å². The predicted octanol–water partition coefficient (Wildman–Crippen LogP) is 0.698. The fraction of sp³-hybridized carbons (Fsp3) is 0.400. The molecular weight excluding hydrogens is 152 g/mol. The largest absolute Gasteiger partial charge is 0.521 e. The van der Waals surface area contributed by atoms with E-state index in [-0.39, 0.29) is 24.6 Å². The number of ether oxygens (including phenoxy) is 2. The van der Waals surface area contributed by atoms with Crippen molar-refractivity contribution in [1.29, 1.82) is 5.41 Å². The second-order valence-corrected chi connectivity index (χ2v) is 1.87. The van der Waals surface area contributed by atoms with Crippen LogP contribution in [-0.2, 0) is 9.47 Å². The van der Waals surface area contributed by atoms with Gasteiger partial charge in [0, 0.05) is 12.8 Å². The fourth-order valence-electron chi connectivity index (χ4n) is 0.611. The number of carbonyl (C=O) groups is 1. The van der Waals surface area contributed by atoms with E-state index < -0.39 is 6.16 Å². The van der Waals surface area contributed by atoms with Crippen molar-refractivity contribution >= 4 is 18.0 Å². The molecule has 60 valence electrons. The molecule has 0 amide bonds. The third-order valence-electron chi connectivity index (χ3n) is 1.09. The quantitative estimate of drug-likeness (QED) is 0.308. The Kier molecular flexibility index (Phi) is 2.05. The minimum Gasteiger partial charge on any atom is -0.408 e. The van der Waals surface area contributed by atoms with E-state index in [1.165, 1.54) is 0 Å². The van der Waals surface area contributed by atoms with Crippen LogP contribution >= 0.6 is 0 Å². The highest BCUT2D eigenvalue weighted by atomic mass is 16.7. The van der Waals surface area contributed by atoms with E-state index >= 15 is 0 Å². The number of carbonyl (C=O) groups excluding carboxylic acids is 1. The summed E-state index contributed by atoms with van der Waals surface area (Å²) in [7, 11) is 0. The number of hydrogen-bond donors (Lipinski definition) is 2. The van der Waals surface area contributed by atoms with E-state index in [1.54, 1.807) is 0 Å². The summed E-state index contributed by atoms with van der Waals surface area (Å²) in [6.45, 7) is 0. The van der Waals surface area contributed by atoms with Crippen molar-refractivity contribution in [3.63, 3.8) is 0 Å². The van der Waals surface area contributed by atoms with Crippen molar-refractivity contribution < 1.29 is 19.5 Å². The first-order chi connectivity index (χ1) is 5.22. The van der Waals surface area contributed by atoms with Crippen LogP contribution in [0.4, 0.5) is 4.79 Å². The van der Waals surface area contributed by atoms with Gasteiger partial charge in [0.15, 0.2) is 5.90 Å². The maximum absolute atomic E-state index is 10.5. The summed E-state index contributed by atoms with van der Waals surface area (Å²) in [5.41, 5.74) is 0. The Morgan fingerprint density at radius 1 is 1.45 bits per heavy atom. The number of hydrogen-bond acceptors (Lipinski definition) is 6. The van der Waals surface area contributed by atoms with E-state index in [0.29, 0.717) is 0 Å². The third-order valence-corrected chi connectivity index (χ3v) is 1.09. The summed E-state index contributed by atoms with van der Waals surface area (Å²) < 4.78 is 8.60. The van der Waals surface area contributed by atoms with Crippen LogP contribution in [0.15, 0.2) is 5.16 Å². The minimum absolute atomic E-state index is 0.128. The van der Waals surface area contributed by atoms with Gasteiger partial charge in [0.05, 0.1) is 0 Å². The zero-order valence-corrected chi connectivity index (χ0v) is 5.53. The molecule has 1 saturated heterocycles. The lowest BCUT2D eigenvalue weighted by molar-refractivity contribution is 0.142. The maximum Gasteiger partial charge on any atom is 0.521 e. The zero-order chi connectivity index (χ0) is 8.27. The Morgan fingerprint density at radius 3 is 2.82 bits per heavy atom. The summed E-state index contributed by atoms with van der Waals surface area (Å²) in [4.78, 5) is 10.5. The molecule has 6 nitrogen and oxygen atoms in total. The van der Waals surface area contributed by atoms with Crippen molar-refractivity contribution in [2.45, 2.75) is 12.8 Å². The average molecular weight is 158 g/mol. The van der Waals surface area contributed by atoms with Crippen molar-refractivity contribution in [3.05, 3.63) is 0 Å². The second-order valence-electron chi connectivity index (χ2n) is 1.87. The molecule has 0 unspecified atom stereocenters. The molecule has 0 saturated carbocycles. The van der Waals surface area contributed by atoms with Crippen LogP contribution in [0.1, 0.15) is 12.8 Å². The van der Waals surface area contributed by atoms with Gasteiger partial charge in [-0.15, -0.1) is 0 Å². The first kappa shape index (κ1) is 7.52. The summed E-state index contributed by atoms with van der Waals surface area (Å²) in [6, 6.07) is 0. The van der Waals surface area contributed by atoms with E-state index in [9.17, 15) is 4.79 Å². The summed E-state index contributed by atoms with van der Waals surface area (Å²) in [5, 5.41) is 17.9. The molecule has 1 fully saturated rings. The van der Waals surface area contributed by atoms with Crippen LogP contribution in [0.5, 0.6) is 0 Å². The summed E-state index contributed by atoms with van der Waals surface area (Å²) in [5.74, 6) is -0.314. The van der Waals surface area contributed by atoms with Gasteiger partial charge in [-0.3, -0.25) is 5.41 Å². The number of nitrogens with zero attached hydrogens (tertiary/aromatic N) is 1. The summed E-state index contributed by atoms with van der Waals surface area (Å²) in [6.07, 6.45) is -0.632. The molecule has 0 aliphatic carbocycles. The molecule has 0 spiro atoms. The molecule has 1 aliphatic heterocycles. The van der Waals surface area contributed by atoms with Gasteiger partial charge >= 0.3 is 6.16 Å². The van der Waals surface area contributed by atoms with Gasteiger partial charge in [0.2, 0.25) is 5.90 Å². The van der Waals surface area contributed by atoms with Crippen LogP contribution in [0, 0.1) is 5.41 Å². The van der Waals surface area contributed by atoms with Crippen molar-refractivity contribution in [1.82, 2.24) is 0 Å². The van der Waals surface area contributed by atoms with Gasteiger partial charge in [0.1, 0.15) is 0 Å². The predicted molar refractivity (Wildman–Crippen MR) is 33.7 cm³/mol. The molecule has 0 bridgehead atoms. The van der Waals surface area contributed by atoms with Gasteiger partial charge in [-0.1, -0.05) is 5.16 Å². The molecule has 1 rings (SSSR count). The second kappa shape index (κ2) is 3.00. The molecule has 0 aromatic rings. The molecule has 0 aromatic carbocycles. The topological polar surface area (TPSA) is 92.0 Å². The minimum atomic E-state index is -1.03. The van der Waals surface area contributed by atoms with Gasteiger partial charge in [-0.25, -0.2) is 4.79 Å². The van der Waals surface area contributed by atoms with E-state index in [2.05, 4.69) is 14.6 Å². The number of rotatable bonds is 0. The first-order valence-electron chi connectivity index (χ1n) is 2.90. The van der Waals surface area contributed by atoms with Gasteiger partial charge in [-0.2, -0.15) is 0 Å². The normalized spacial score (nSPS) is 22.4. The molecule has 0 aromatic heterocycles. The van der Waals surface area contributed by atoms with E-state index in [0.717, 1.165) is 0 Å². The lowest BCUT2D eigenvalue weighted by Gasteiger charge is -1.96. The molecule has 0 radical (unpaired) electrons. The Balaban J connectivity index is 2.67. The highest BCUT2D eigenvalue weighted by Crippen LogP contribution is 2.05. The van der Waals surface area contributed by atoms with Crippen molar-refractivity contribution in [2.75, 3.05) is 0 Å². The highest BCUT2D eigenvalue weighted by Gasteiger charge is 2.19. The molecular formula is C5H6N2O4. The lowest BCUT2D eigenvalue weighted by Crippen LogP contribution is -2.10. The average Bonchev–Trinajstić information content (AvgIpc) is 2.11. The number of nitrogens with one attached hydrogen (secondary N) is 1. The first-order valence-corrected chi connectivity index (χ1v) is 2.90. The number of cyclic esters (lactones) is 2. The molecule has 6 heteroatoms. The standard InChI is InChI=1S/C5H6N2O4/c6-3-1-2-4(7-9)11-5(8)10-3/h6,9H,1-2H2/b6-3?,7-4+.